The summed E-state index contributed by atoms with van der Waals surface area (Å²) in [6.45, 7) is 0.610. The zero-order chi connectivity index (χ0) is 11.9. The Morgan fingerprint density at radius 2 is 2.06 bits per heavy atom. The molecule has 1 aliphatic rings. The first-order valence-corrected chi connectivity index (χ1v) is 5.57. The van der Waals surface area contributed by atoms with E-state index in [4.69, 9.17) is 0 Å². The van der Waals surface area contributed by atoms with Crippen LogP contribution < -0.4 is 4.90 Å². The average Bonchev–Trinajstić information content (AvgIpc) is 2.76. The molecule has 1 aliphatic heterocycles. The third-order valence-electron chi connectivity index (χ3n) is 3.07. The van der Waals surface area contributed by atoms with Crippen LogP contribution in [0.15, 0.2) is 18.5 Å². The Bertz CT molecular complexity index is 527. The first-order chi connectivity index (χ1) is 8.14. The number of H-pyrrole nitrogens is 1. The summed E-state index contributed by atoms with van der Waals surface area (Å²) in [5.74, 6) is -2.01. The number of nitrogens with one attached hydrogen (secondary N) is 1. The van der Waals surface area contributed by atoms with Gasteiger partial charge in [0.2, 0.25) is 5.95 Å². The first-order valence-electron chi connectivity index (χ1n) is 5.57. The van der Waals surface area contributed by atoms with Gasteiger partial charge < -0.3 is 9.88 Å². The molecule has 2 aromatic heterocycles. The predicted molar refractivity (Wildman–Crippen MR) is 60.3 cm³/mol. The number of hydrogen-bond donors (Lipinski definition) is 1. The van der Waals surface area contributed by atoms with Crippen LogP contribution in [0, 0.1) is 0 Å². The standard InChI is InChI=1S/C11H12F2N4/c12-11(13)2-5-17(6-3-11)10-15-7-8-1-4-14-9(8)16-10/h1,4,7H,2-3,5-6H2,(H,14,15,16). The molecule has 0 saturated carbocycles. The molecule has 1 saturated heterocycles. The van der Waals surface area contributed by atoms with Crippen molar-refractivity contribution in [1.82, 2.24) is 15.0 Å². The lowest BCUT2D eigenvalue weighted by molar-refractivity contribution is -0.0222. The maximum absolute atomic E-state index is 13.0. The van der Waals surface area contributed by atoms with Crippen LogP contribution in [0.3, 0.4) is 0 Å². The van der Waals surface area contributed by atoms with Crippen molar-refractivity contribution in [2.75, 3.05) is 18.0 Å². The summed E-state index contributed by atoms with van der Waals surface area (Å²) in [7, 11) is 0. The second-order valence-electron chi connectivity index (χ2n) is 4.29. The lowest BCUT2D eigenvalue weighted by atomic mass is 10.1. The van der Waals surface area contributed by atoms with Crippen LogP contribution in [0.4, 0.5) is 14.7 Å². The van der Waals surface area contributed by atoms with Crippen LogP contribution in [0.2, 0.25) is 0 Å². The molecule has 0 amide bonds. The van der Waals surface area contributed by atoms with E-state index in [-0.39, 0.29) is 12.8 Å². The largest absolute Gasteiger partial charge is 0.346 e. The molecule has 6 heteroatoms. The summed E-state index contributed by atoms with van der Waals surface area (Å²) in [4.78, 5) is 13.3. The van der Waals surface area contributed by atoms with E-state index in [1.165, 1.54) is 0 Å². The Labute approximate surface area is 96.7 Å². The molecule has 0 atom stereocenters. The van der Waals surface area contributed by atoms with Crippen molar-refractivity contribution in [2.24, 2.45) is 0 Å². The van der Waals surface area contributed by atoms with Gasteiger partial charge in [-0.3, -0.25) is 0 Å². The SMILES string of the molecule is FC1(F)CCN(c2ncc3cc[nH]c3n2)CC1. The predicted octanol–water partition coefficient (Wildman–Crippen LogP) is 2.19. The molecular formula is C11H12F2N4. The highest BCUT2D eigenvalue weighted by molar-refractivity contribution is 5.75. The molecule has 1 fully saturated rings. The third-order valence-corrected chi connectivity index (χ3v) is 3.07. The zero-order valence-electron chi connectivity index (χ0n) is 9.16. The number of aromatic nitrogens is 3. The highest BCUT2D eigenvalue weighted by Crippen LogP contribution is 2.29. The molecule has 3 rings (SSSR count). The van der Waals surface area contributed by atoms with Gasteiger partial charge in [-0.2, -0.15) is 4.98 Å². The molecule has 0 bridgehead atoms. The second-order valence-corrected chi connectivity index (χ2v) is 4.29. The van der Waals surface area contributed by atoms with Gasteiger partial charge in [0.25, 0.3) is 5.92 Å². The molecule has 0 aliphatic carbocycles. The minimum Gasteiger partial charge on any atom is -0.346 e. The van der Waals surface area contributed by atoms with E-state index >= 15 is 0 Å². The van der Waals surface area contributed by atoms with Gasteiger partial charge in [-0.1, -0.05) is 0 Å². The number of alkyl halides is 2. The molecule has 0 unspecified atom stereocenters. The molecule has 2 aromatic rings. The van der Waals surface area contributed by atoms with Crippen LogP contribution >= 0.6 is 0 Å². The third kappa shape index (κ3) is 1.94. The first kappa shape index (κ1) is 10.4. The van der Waals surface area contributed by atoms with E-state index < -0.39 is 5.92 Å². The second kappa shape index (κ2) is 3.65. The number of anilines is 1. The Morgan fingerprint density at radius 3 is 2.82 bits per heavy atom. The molecule has 3 heterocycles. The van der Waals surface area contributed by atoms with E-state index in [1.807, 2.05) is 6.07 Å². The summed E-state index contributed by atoms with van der Waals surface area (Å²) in [6.07, 6.45) is 3.24. The molecular weight excluding hydrogens is 226 g/mol. The highest BCUT2D eigenvalue weighted by Gasteiger charge is 2.34. The minimum absolute atomic E-state index is 0.126. The van der Waals surface area contributed by atoms with Crippen molar-refractivity contribution in [3.05, 3.63) is 18.5 Å². The quantitative estimate of drug-likeness (QED) is 0.828. The van der Waals surface area contributed by atoms with Crippen LogP contribution in [0.25, 0.3) is 11.0 Å². The lowest BCUT2D eigenvalue weighted by Crippen LogP contribution is -2.40. The fourth-order valence-corrected chi connectivity index (χ4v) is 2.02. The monoisotopic (exact) mass is 238 g/mol. The molecule has 90 valence electrons. The normalized spacial score (nSPS) is 19.8. The minimum atomic E-state index is -2.53. The van der Waals surface area contributed by atoms with E-state index in [0.717, 1.165) is 11.0 Å². The highest BCUT2D eigenvalue weighted by atomic mass is 19.3. The van der Waals surface area contributed by atoms with Crippen molar-refractivity contribution in [1.29, 1.82) is 0 Å². The number of hydrogen-bond acceptors (Lipinski definition) is 3. The van der Waals surface area contributed by atoms with Gasteiger partial charge in [0.15, 0.2) is 0 Å². The van der Waals surface area contributed by atoms with E-state index in [0.29, 0.717) is 19.0 Å². The Hall–Kier alpha value is -1.72. The fraction of sp³-hybridized carbons (Fsp3) is 0.455. The summed E-state index contributed by atoms with van der Waals surface area (Å²) >= 11 is 0. The summed E-state index contributed by atoms with van der Waals surface area (Å²) in [6, 6.07) is 1.88. The van der Waals surface area contributed by atoms with Gasteiger partial charge in [-0.05, 0) is 6.07 Å². The number of aromatic amines is 1. The van der Waals surface area contributed by atoms with Crippen molar-refractivity contribution in [3.8, 4) is 0 Å². The Balaban J connectivity index is 1.84. The van der Waals surface area contributed by atoms with Crippen molar-refractivity contribution >= 4 is 17.0 Å². The van der Waals surface area contributed by atoms with Crippen LogP contribution in [0.1, 0.15) is 12.8 Å². The van der Waals surface area contributed by atoms with E-state index in [2.05, 4.69) is 15.0 Å². The smallest absolute Gasteiger partial charge is 0.251 e. The molecule has 0 spiro atoms. The van der Waals surface area contributed by atoms with Crippen molar-refractivity contribution in [3.63, 3.8) is 0 Å². The van der Waals surface area contributed by atoms with Crippen molar-refractivity contribution in [2.45, 2.75) is 18.8 Å². The molecule has 0 aromatic carbocycles. The number of rotatable bonds is 1. The van der Waals surface area contributed by atoms with Crippen LogP contribution in [-0.4, -0.2) is 34.0 Å². The Kier molecular flexibility index (Phi) is 2.24. The summed E-state index contributed by atoms with van der Waals surface area (Å²) in [5.41, 5.74) is 0.743. The zero-order valence-corrected chi connectivity index (χ0v) is 9.16. The van der Waals surface area contributed by atoms with Gasteiger partial charge in [0.1, 0.15) is 5.65 Å². The van der Waals surface area contributed by atoms with Crippen LogP contribution in [-0.2, 0) is 0 Å². The average molecular weight is 238 g/mol. The van der Waals surface area contributed by atoms with Gasteiger partial charge in [0.05, 0.1) is 0 Å². The molecule has 4 nitrogen and oxygen atoms in total. The summed E-state index contributed by atoms with van der Waals surface area (Å²) in [5, 5.41) is 0.927. The van der Waals surface area contributed by atoms with Gasteiger partial charge in [-0.25, -0.2) is 13.8 Å². The van der Waals surface area contributed by atoms with Gasteiger partial charge in [-0.15, -0.1) is 0 Å². The van der Waals surface area contributed by atoms with Gasteiger partial charge >= 0.3 is 0 Å². The number of nitrogens with zero attached hydrogens (tertiary/aromatic N) is 3. The fourth-order valence-electron chi connectivity index (χ4n) is 2.02. The molecule has 1 N–H and O–H groups in total. The van der Waals surface area contributed by atoms with E-state index in [9.17, 15) is 8.78 Å². The lowest BCUT2D eigenvalue weighted by Gasteiger charge is -2.31. The van der Waals surface area contributed by atoms with Gasteiger partial charge in [0, 0.05) is 43.7 Å². The Morgan fingerprint density at radius 1 is 1.29 bits per heavy atom. The van der Waals surface area contributed by atoms with Crippen LogP contribution in [0.5, 0.6) is 0 Å². The molecule has 0 radical (unpaired) electrons. The molecule has 17 heavy (non-hydrogen) atoms. The number of halogens is 2. The van der Waals surface area contributed by atoms with Crippen molar-refractivity contribution < 1.29 is 8.78 Å². The topological polar surface area (TPSA) is 44.8 Å². The van der Waals surface area contributed by atoms with E-state index in [1.54, 1.807) is 17.3 Å². The maximum atomic E-state index is 13.0. The number of piperidine rings is 1. The number of fused-ring (bicyclic) bond motifs is 1. The maximum Gasteiger partial charge on any atom is 0.251 e. The summed E-state index contributed by atoms with van der Waals surface area (Å²) < 4.78 is 26.0.